The molecule has 1 saturated heterocycles. The van der Waals surface area contributed by atoms with E-state index in [1.54, 1.807) is 0 Å². The lowest BCUT2D eigenvalue weighted by Crippen LogP contribution is -2.24. The number of rotatable bonds is 4. The maximum Gasteiger partial charge on any atom is 0.278 e. The van der Waals surface area contributed by atoms with Gasteiger partial charge in [0, 0.05) is 31.0 Å². The first kappa shape index (κ1) is 14.2. The van der Waals surface area contributed by atoms with Crippen LogP contribution in [0, 0.1) is 26.1 Å². The number of hydrogen-bond acceptors (Lipinski definition) is 5. The van der Waals surface area contributed by atoms with Crippen molar-refractivity contribution >= 4 is 34.6 Å². The predicted octanol–water partition coefficient (Wildman–Crippen LogP) is 2.09. The summed E-state index contributed by atoms with van der Waals surface area (Å²) in [5.41, 5.74) is -0.684. The molecule has 0 bridgehead atoms. The number of benzene rings is 1. The van der Waals surface area contributed by atoms with Crippen molar-refractivity contribution in [3.05, 3.63) is 38.4 Å². The van der Waals surface area contributed by atoms with Gasteiger partial charge in [0.05, 0.1) is 21.6 Å². The van der Waals surface area contributed by atoms with Gasteiger partial charge < -0.3 is 4.90 Å². The molecule has 0 saturated carbocycles. The second-order valence-electron chi connectivity index (χ2n) is 4.45. The Morgan fingerprint density at radius 3 is 2.15 bits per heavy atom. The third kappa shape index (κ3) is 2.69. The van der Waals surface area contributed by atoms with Gasteiger partial charge in [0.1, 0.15) is 0 Å². The minimum Gasteiger partial charge on any atom is -0.312 e. The van der Waals surface area contributed by atoms with Gasteiger partial charge in [-0.3, -0.25) is 25.0 Å². The van der Waals surface area contributed by atoms with Crippen LogP contribution in [0.1, 0.15) is 6.42 Å². The van der Waals surface area contributed by atoms with Gasteiger partial charge in [-0.25, -0.2) is 0 Å². The highest BCUT2D eigenvalue weighted by molar-refractivity contribution is 6.18. The second kappa shape index (κ2) is 5.41. The summed E-state index contributed by atoms with van der Waals surface area (Å²) in [5, 5.41) is 21.6. The number of nitrogens with zero attached hydrogens (tertiary/aromatic N) is 3. The van der Waals surface area contributed by atoms with Crippen LogP contribution in [0.25, 0.3) is 0 Å². The van der Waals surface area contributed by atoms with Crippen molar-refractivity contribution in [1.29, 1.82) is 0 Å². The molecular weight excluding hydrogens is 290 g/mol. The van der Waals surface area contributed by atoms with Crippen LogP contribution in [0.5, 0.6) is 0 Å². The molecule has 0 aromatic heterocycles. The van der Waals surface area contributed by atoms with Crippen LogP contribution in [-0.2, 0) is 4.79 Å². The number of carbonyl (C=O) groups excluding carboxylic acids is 1. The molecule has 1 heterocycles. The number of hydrogen-bond donors (Lipinski definition) is 0. The number of nitro groups is 2. The van der Waals surface area contributed by atoms with Crippen molar-refractivity contribution in [1.82, 2.24) is 0 Å². The zero-order valence-electron chi connectivity index (χ0n) is 10.2. The fourth-order valence-corrected chi connectivity index (χ4v) is 2.29. The van der Waals surface area contributed by atoms with Gasteiger partial charge in [-0.2, -0.15) is 0 Å². The number of alkyl halides is 1. The van der Waals surface area contributed by atoms with Crippen molar-refractivity contribution in [2.75, 3.05) is 17.3 Å². The summed E-state index contributed by atoms with van der Waals surface area (Å²) in [6.07, 6.45) is 0.236. The maximum atomic E-state index is 11.8. The molecule has 1 aromatic carbocycles. The lowest BCUT2D eigenvalue weighted by molar-refractivity contribution is -0.394. The molecule has 106 valence electrons. The monoisotopic (exact) mass is 299 g/mol. The van der Waals surface area contributed by atoms with Gasteiger partial charge in [-0.15, -0.1) is 11.6 Å². The third-order valence-corrected chi connectivity index (χ3v) is 3.48. The number of halogens is 1. The van der Waals surface area contributed by atoms with E-state index >= 15 is 0 Å². The van der Waals surface area contributed by atoms with E-state index in [-0.39, 0.29) is 23.9 Å². The zero-order valence-corrected chi connectivity index (χ0v) is 10.9. The van der Waals surface area contributed by atoms with Gasteiger partial charge in [-0.1, -0.05) is 0 Å². The molecule has 20 heavy (non-hydrogen) atoms. The number of carbonyl (C=O) groups is 1. The van der Waals surface area contributed by atoms with Crippen molar-refractivity contribution in [2.45, 2.75) is 6.42 Å². The first-order valence-corrected chi connectivity index (χ1v) is 6.26. The van der Waals surface area contributed by atoms with Crippen LogP contribution < -0.4 is 4.90 Å². The van der Waals surface area contributed by atoms with Crippen LogP contribution in [0.3, 0.4) is 0 Å². The summed E-state index contributed by atoms with van der Waals surface area (Å²) in [6, 6.07) is 3.17. The minimum absolute atomic E-state index is 0.0533. The zero-order chi connectivity index (χ0) is 14.9. The third-order valence-electron chi connectivity index (χ3n) is 3.04. The molecule has 0 aliphatic carbocycles. The maximum absolute atomic E-state index is 11.8. The Bertz CT molecular complexity index is 559. The van der Waals surface area contributed by atoms with E-state index in [1.807, 2.05) is 0 Å². The number of non-ortho nitro benzene ring substituents is 2. The average Bonchev–Trinajstić information content (AvgIpc) is 2.79. The van der Waals surface area contributed by atoms with Gasteiger partial charge >= 0.3 is 0 Å². The lowest BCUT2D eigenvalue weighted by atomic mass is 10.1. The van der Waals surface area contributed by atoms with E-state index in [9.17, 15) is 25.0 Å². The van der Waals surface area contributed by atoms with Crippen molar-refractivity contribution in [3.8, 4) is 0 Å². The fourth-order valence-electron chi connectivity index (χ4n) is 2.08. The molecule has 1 fully saturated rings. The number of nitro benzene ring substituents is 2. The largest absolute Gasteiger partial charge is 0.312 e. The molecule has 8 nitrogen and oxygen atoms in total. The summed E-state index contributed by atoms with van der Waals surface area (Å²) < 4.78 is 0. The highest BCUT2D eigenvalue weighted by Crippen LogP contribution is 2.32. The Balaban J connectivity index is 2.43. The number of anilines is 1. The molecule has 2 rings (SSSR count). The lowest BCUT2D eigenvalue weighted by Gasteiger charge is -2.15. The molecule has 1 aliphatic rings. The molecule has 0 N–H and O–H groups in total. The summed E-state index contributed by atoms with van der Waals surface area (Å²) in [4.78, 5) is 33.3. The van der Waals surface area contributed by atoms with Gasteiger partial charge in [0.15, 0.2) is 0 Å². The first-order valence-electron chi connectivity index (χ1n) is 5.72. The average molecular weight is 300 g/mol. The van der Waals surface area contributed by atoms with Crippen molar-refractivity contribution in [3.63, 3.8) is 0 Å². The highest BCUT2D eigenvalue weighted by atomic mass is 35.5. The van der Waals surface area contributed by atoms with E-state index in [4.69, 9.17) is 11.6 Å². The van der Waals surface area contributed by atoms with Crippen LogP contribution in [-0.4, -0.2) is 28.2 Å². The quantitative estimate of drug-likeness (QED) is 0.480. The van der Waals surface area contributed by atoms with Gasteiger partial charge in [0.25, 0.3) is 11.4 Å². The Morgan fingerprint density at radius 1 is 1.20 bits per heavy atom. The van der Waals surface area contributed by atoms with E-state index in [2.05, 4.69) is 0 Å². The predicted molar refractivity (Wildman–Crippen MR) is 70.9 cm³/mol. The Labute approximate surface area is 118 Å². The Hall–Kier alpha value is -2.22. The normalized spacial score (nSPS) is 18.4. The minimum atomic E-state index is -0.726. The molecule has 1 amide bonds. The highest BCUT2D eigenvalue weighted by Gasteiger charge is 2.32. The van der Waals surface area contributed by atoms with Crippen LogP contribution in [0.2, 0.25) is 0 Å². The SMILES string of the molecule is O=C1CC(CCl)CN1c1cc([N+](=O)[O-])cc([N+](=O)[O-])c1. The molecule has 1 atom stereocenters. The number of amides is 1. The molecular formula is C11H10ClN3O5. The molecule has 1 aromatic rings. The first-order chi connectivity index (χ1) is 9.42. The molecule has 0 radical (unpaired) electrons. The van der Waals surface area contributed by atoms with Crippen molar-refractivity contribution in [2.24, 2.45) is 5.92 Å². The van der Waals surface area contributed by atoms with E-state index < -0.39 is 21.2 Å². The van der Waals surface area contributed by atoms with Gasteiger partial charge in [-0.05, 0) is 5.92 Å². The molecule has 0 spiro atoms. The van der Waals surface area contributed by atoms with E-state index in [0.29, 0.717) is 12.4 Å². The fraction of sp³-hybridized carbons (Fsp3) is 0.364. The second-order valence-corrected chi connectivity index (χ2v) is 4.76. The van der Waals surface area contributed by atoms with Gasteiger partial charge in [0.2, 0.25) is 5.91 Å². The van der Waals surface area contributed by atoms with Crippen LogP contribution >= 0.6 is 11.6 Å². The molecule has 1 unspecified atom stereocenters. The van der Waals surface area contributed by atoms with Crippen LogP contribution in [0.4, 0.5) is 17.1 Å². The topological polar surface area (TPSA) is 107 Å². The Kier molecular flexibility index (Phi) is 3.84. The summed E-state index contributed by atoms with van der Waals surface area (Å²) >= 11 is 5.69. The van der Waals surface area contributed by atoms with Crippen molar-refractivity contribution < 1.29 is 14.6 Å². The summed E-state index contributed by atoms with van der Waals surface area (Å²) in [7, 11) is 0. The summed E-state index contributed by atoms with van der Waals surface area (Å²) in [5.74, 6) is -0.00728. The molecule has 1 aliphatic heterocycles. The Morgan fingerprint density at radius 2 is 1.75 bits per heavy atom. The van der Waals surface area contributed by atoms with E-state index in [1.165, 1.54) is 4.90 Å². The van der Waals surface area contributed by atoms with Crippen LogP contribution in [0.15, 0.2) is 18.2 Å². The van der Waals surface area contributed by atoms with E-state index in [0.717, 1.165) is 18.2 Å². The smallest absolute Gasteiger partial charge is 0.278 e. The standard InChI is InChI=1S/C11H10ClN3O5/c12-5-7-1-11(16)13(6-7)8-2-9(14(17)18)4-10(3-8)15(19)20/h2-4,7H,1,5-6H2. The molecule has 9 heteroatoms. The summed E-state index contributed by atoms with van der Waals surface area (Å²) in [6.45, 7) is 0.306.